The first-order valence-electron chi connectivity index (χ1n) is 5.13. The number of methoxy groups -OCH3 is 2. The van der Waals surface area contributed by atoms with Crippen LogP contribution in [0.4, 0.5) is 0 Å². The minimum Gasteiger partial charge on any atom is -0.481 e. The predicted octanol–water partition coefficient (Wildman–Crippen LogP) is -0.277. The summed E-state index contributed by atoms with van der Waals surface area (Å²) in [5.74, 6) is -1.12. The van der Waals surface area contributed by atoms with Crippen LogP contribution in [0.1, 0.15) is 12.8 Å². The van der Waals surface area contributed by atoms with Crippen molar-refractivity contribution < 1.29 is 24.2 Å². The van der Waals surface area contributed by atoms with Crippen LogP contribution < -0.4 is 0 Å². The van der Waals surface area contributed by atoms with Gasteiger partial charge in [-0.1, -0.05) is 0 Å². The third-order valence-corrected chi connectivity index (χ3v) is 2.73. The van der Waals surface area contributed by atoms with E-state index in [1.165, 1.54) is 0 Å². The molecule has 16 heavy (non-hydrogen) atoms. The number of likely N-dealkylation sites (tertiary alicyclic amines) is 1. The van der Waals surface area contributed by atoms with Crippen molar-refractivity contribution in [3.05, 3.63) is 0 Å². The summed E-state index contributed by atoms with van der Waals surface area (Å²) in [6.45, 7) is 0.931. The summed E-state index contributed by atoms with van der Waals surface area (Å²) in [7, 11) is 3.14. The molecular weight excluding hydrogens is 214 g/mol. The Morgan fingerprint density at radius 2 is 1.69 bits per heavy atom. The highest BCUT2D eigenvalue weighted by Gasteiger charge is 2.35. The smallest absolute Gasteiger partial charge is 0.303 e. The summed E-state index contributed by atoms with van der Waals surface area (Å²) in [5, 5.41) is 8.48. The van der Waals surface area contributed by atoms with Gasteiger partial charge in [0.05, 0.1) is 6.42 Å². The van der Waals surface area contributed by atoms with Gasteiger partial charge in [0.1, 0.15) is 12.2 Å². The van der Waals surface area contributed by atoms with Gasteiger partial charge in [0.25, 0.3) is 0 Å². The third-order valence-electron chi connectivity index (χ3n) is 2.73. The van der Waals surface area contributed by atoms with Crippen LogP contribution in [0, 0.1) is 0 Å². The number of carbonyl (C=O) groups is 2. The van der Waals surface area contributed by atoms with Crippen molar-refractivity contribution in [2.75, 3.05) is 27.3 Å². The second-order valence-electron chi connectivity index (χ2n) is 3.74. The fourth-order valence-corrected chi connectivity index (χ4v) is 1.77. The Bertz CT molecular complexity index is 256. The number of carboxylic acid groups (broad SMARTS) is 1. The second kappa shape index (κ2) is 5.81. The van der Waals surface area contributed by atoms with Gasteiger partial charge < -0.3 is 19.5 Å². The average Bonchev–Trinajstić information content (AvgIpc) is 2.68. The van der Waals surface area contributed by atoms with Crippen molar-refractivity contribution >= 4 is 11.9 Å². The monoisotopic (exact) mass is 231 g/mol. The van der Waals surface area contributed by atoms with Crippen LogP contribution in [0.25, 0.3) is 0 Å². The van der Waals surface area contributed by atoms with Gasteiger partial charge in [0, 0.05) is 33.7 Å². The zero-order valence-electron chi connectivity index (χ0n) is 9.51. The zero-order chi connectivity index (χ0) is 12.1. The van der Waals surface area contributed by atoms with Crippen molar-refractivity contribution in [3.63, 3.8) is 0 Å². The van der Waals surface area contributed by atoms with Gasteiger partial charge in [-0.3, -0.25) is 9.59 Å². The molecular formula is C10H17NO5. The number of carbonyl (C=O) groups excluding carboxylic acids is 1. The van der Waals surface area contributed by atoms with E-state index in [1.807, 2.05) is 0 Å². The number of nitrogens with zero attached hydrogens (tertiary/aromatic N) is 1. The van der Waals surface area contributed by atoms with Gasteiger partial charge in [-0.05, 0) is 0 Å². The molecule has 1 N–H and O–H groups in total. The Kier molecular flexibility index (Phi) is 4.70. The van der Waals surface area contributed by atoms with Crippen molar-refractivity contribution in [3.8, 4) is 0 Å². The molecule has 1 saturated heterocycles. The number of amides is 1. The molecule has 0 bridgehead atoms. The van der Waals surface area contributed by atoms with E-state index < -0.39 is 5.97 Å². The summed E-state index contributed by atoms with van der Waals surface area (Å²) in [6.07, 6.45) is -0.357. The summed E-state index contributed by atoms with van der Waals surface area (Å²) in [6, 6.07) is 0. The maximum absolute atomic E-state index is 11.6. The number of aliphatic carboxylic acids is 1. The number of ether oxygens (including phenoxy) is 2. The van der Waals surface area contributed by atoms with Crippen LogP contribution in [0.2, 0.25) is 0 Å². The van der Waals surface area contributed by atoms with E-state index in [4.69, 9.17) is 14.6 Å². The molecule has 2 unspecified atom stereocenters. The molecule has 92 valence electrons. The quantitative estimate of drug-likeness (QED) is 0.704. The number of hydrogen-bond acceptors (Lipinski definition) is 4. The van der Waals surface area contributed by atoms with Gasteiger partial charge in [-0.15, -0.1) is 0 Å². The molecule has 1 rings (SSSR count). The first-order valence-corrected chi connectivity index (χ1v) is 5.13. The Labute approximate surface area is 94.1 Å². The van der Waals surface area contributed by atoms with Crippen molar-refractivity contribution in [1.29, 1.82) is 0 Å². The lowest BCUT2D eigenvalue weighted by atomic mass is 10.3. The highest BCUT2D eigenvalue weighted by Crippen LogP contribution is 2.16. The normalized spacial score (nSPS) is 24.8. The van der Waals surface area contributed by atoms with Gasteiger partial charge in [0.15, 0.2) is 0 Å². The van der Waals surface area contributed by atoms with E-state index in [0.29, 0.717) is 13.1 Å². The summed E-state index contributed by atoms with van der Waals surface area (Å²) in [5.41, 5.74) is 0. The molecule has 6 heteroatoms. The number of rotatable bonds is 5. The highest BCUT2D eigenvalue weighted by atomic mass is 16.5. The average molecular weight is 231 g/mol. The number of hydrogen-bond donors (Lipinski definition) is 1. The van der Waals surface area contributed by atoms with Gasteiger partial charge in [-0.2, -0.15) is 0 Å². The van der Waals surface area contributed by atoms with Crippen molar-refractivity contribution in [2.24, 2.45) is 0 Å². The lowest BCUT2D eigenvalue weighted by molar-refractivity contribution is -0.140. The molecule has 2 atom stereocenters. The Balaban J connectivity index is 2.44. The van der Waals surface area contributed by atoms with E-state index in [2.05, 4.69) is 0 Å². The maximum Gasteiger partial charge on any atom is 0.303 e. The van der Waals surface area contributed by atoms with Crippen LogP contribution in [-0.2, 0) is 19.1 Å². The first kappa shape index (κ1) is 12.9. The maximum atomic E-state index is 11.6. The first-order chi connectivity index (χ1) is 7.58. The van der Waals surface area contributed by atoms with E-state index in [0.717, 1.165) is 0 Å². The lowest BCUT2D eigenvalue weighted by Crippen LogP contribution is -2.30. The van der Waals surface area contributed by atoms with Crippen molar-refractivity contribution in [2.45, 2.75) is 25.0 Å². The van der Waals surface area contributed by atoms with E-state index in [-0.39, 0.29) is 31.0 Å². The largest absolute Gasteiger partial charge is 0.481 e. The van der Waals surface area contributed by atoms with Gasteiger partial charge in [0.2, 0.25) is 5.91 Å². The molecule has 6 nitrogen and oxygen atoms in total. The van der Waals surface area contributed by atoms with Crippen molar-refractivity contribution in [1.82, 2.24) is 4.90 Å². The molecule has 0 aromatic rings. The van der Waals surface area contributed by atoms with E-state index >= 15 is 0 Å². The van der Waals surface area contributed by atoms with Crippen LogP contribution in [0.3, 0.4) is 0 Å². The molecule has 0 saturated carbocycles. The Morgan fingerprint density at radius 3 is 2.06 bits per heavy atom. The minimum absolute atomic E-state index is 0.0300. The second-order valence-corrected chi connectivity index (χ2v) is 3.74. The van der Waals surface area contributed by atoms with Gasteiger partial charge in [-0.25, -0.2) is 0 Å². The third kappa shape index (κ3) is 3.18. The van der Waals surface area contributed by atoms with Crippen LogP contribution in [0.5, 0.6) is 0 Å². The van der Waals surface area contributed by atoms with Crippen LogP contribution in [0.15, 0.2) is 0 Å². The van der Waals surface area contributed by atoms with E-state index in [1.54, 1.807) is 19.1 Å². The number of carboxylic acids is 1. The fraction of sp³-hybridized carbons (Fsp3) is 0.800. The predicted molar refractivity (Wildman–Crippen MR) is 55.0 cm³/mol. The summed E-state index contributed by atoms with van der Waals surface area (Å²) in [4.78, 5) is 23.6. The van der Waals surface area contributed by atoms with Gasteiger partial charge >= 0.3 is 5.97 Å². The molecule has 1 amide bonds. The molecule has 1 aliphatic heterocycles. The molecule has 0 aromatic carbocycles. The minimum atomic E-state index is -0.959. The molecule has 1 fully saturated rings. The van der Waals surface area contributed by atoms with E-state index in [9.17, 15) is 9.59 Å². The van der Waals surface area contributed by atoms with Crippen LogP contribution >= 0.6 is 0 Å². The zero-order valence-corrected chi connectivity index (χ0v) is 9.51. The summed E-state index contributed by atoms with van der Waals surface area (Å²) < 4.78 is 10.4. The molecule has 0 radical (unpaired) electrons. The SMILES string of the molecule is COC1CN(C(=O)CCC(=O)O)CC1OC. The molecule has 0 aliphatic carbocycles. The highest BCUT2D eigenvalue weighted by molar-refractivity contribution is 5.81. The Morgan fingerprint density at radius 1 is 1.19 bits per heavy atom. The molecule has 0 spiro atoms. The standard InChI is InChI=1S/C10H17NO5/c1-15-7-5-11(6-8(7)16-2)9(12)3-4-10(13)14/h7-8H,3-6H2,1-2H3,(H,13,14). The Hall–Kier alpha value is -1.14. The lowest BCUT2D eigenvalue weighted by Gasteiger charge is -2.14. The molecule has 1 aliphatic rings. The molecule has 1 heterocycles. The summed E-state index contributed by atoms with van der Waals surface area (Å²) >= 11 is 0. The topological polar surface area (TPSA) is 76.1 Å². The fourth-order valence-electron chi connectivity index (χ4n) is 1.77. The van der Waals surface area contributed by atoms with Crippen LogP contribution in [-0.4, -0.2) is 61.4 Å². The molecule has 0 aromatic heterocycles.